The van der Waals surface area contributed by atoms with E-state index in [4.69, 9.17) is 0 Å². The summed E-state index contributed by atoms with van der Waals surface area (Å²) in [4.78, 5) is 23.2. The predicted molar refractivity (Wildman–Crippen MR) is 86.5 cm³/mol. The number of hydrogen-bond acceptors (Lipinski definition) is 2. The Morgan fingerprint density at radius 2 is 1.52 bits per heavy atom. The molecule has 0 saturated heterocycles. The normalized spacial score (nSPS) is 16.8. The van der Waals surface area contributed by atoms with E-state index >= 15 is 0 Å². The Hall–Kier alpha value is -2.42. The molecule has 0 aromatic heterocycles. The van der Waals surface area contributed by atoms with Gasteiger partial charge in [0.25, 0.3) is 0 Å². The molecular weight excluding hydrogens is 262 g/mol. The smallest absolute Gasteiger partial charge is 0.248 e. The number of nitrogens with one attached hydrogen (secondary N) is 1. The van der Waals surface area contributed by atoms with Crippen LogP contribution in [0.2, 0.25) is 0 Å². The molecule has 3 nitrogen and oxygen atoms in total. The number of rotatable bonds is 6. The van der Waals surface area contributed by atoms with Crippen molar-refractivity contribution in [1.29, 1.82) is 0 Å². The van der Waals surface area contributed by atoms with Gasteiger partial charge in [0.2, 0.25) is 5.91 Å². The van der Waals surface area contributed by atoms with Crippen LogP contribution in [0.5, 0.6) is 0 Å². The largest absolute Gasteiger partial charge is 0.320 e. The van der Waals surface area contributed by atoms with Gasteiger partial charge in [-0.05, 0) is 25.8 Å². The van der Waals surface area contributed by atoms with E-state index in [1.54, 1.807) is 12.2 Å². The molecule has 0 bridgehead atoms. The zero-order chi connectivity index (χ0) is 15.5. The second-order valence-corrected chi connectivity index (χ2v) is 4.61. The molecule has 0 spiro atoms. The number of allylic oxidation sites excluding steroid dienone is 11. The van der Waals surface area contributed by atoms with E-state index in [2.05, 4.69) is 5.32 Å². The van der Waals surface area contributed by atoms with E-state index in [0.29, 0.717) is 12.1 Å². The lowest BCUT2D eigenvalue weighted by atomic mass is 10.2. The van der Waals surface area contributed by atoms with Crippen LogP contribution in [0, 0.1) is 0 Å². The van der Waals surface area contributed by atoms with Gasteiger partial charge in [0.15, 0.2) is 5.78 Å². The van der Waals surface area contributed by atoms with Gasteiger partial charge >= 0.3 is 0 Å². The zero-order valence-corrected chi connectivity index (χ0v) is 12.5. The summed E-state index contributed by atoms with van der Waals surface area (Å²) in [6.45, 7) is 3.83. The Morgan fingerprint density at radius 1 is 0.952 bits per heavy atom. The number of hydrogen-bond donors (Lipinski definition) is 1. The van der Waals surface area contributed by atoms with Gasteiger partial charge in [0.05, 0.1) is 5.70 Å². The summed E-state index contributed by atoms with van der Waals surface area (Å²) in [5.74, 6) is -0.262. The minimum absolute atomic E-state index is 0.0145. The van der Waals surface area contributed by atoms with E-state index in [-0.39, 0.29) is 11.7 Å². The first-order valence-electron chi connectivity index (χ1n) is 6.98. The van der Waals surface area contributed by atoms with Crippen LogP contribution in [0.3, 0.4) is 0 Å². The second kappa shape index (κ2) is 9.48. The highest BCUT2D eigenvalue weighted by Crippen LogP contribution is 2.19. The van der Waals surface area contributed by atoms with Crippen LogP contribution in [0.25, 0.3) is 0 Å². The van der Waals surface area contributed by atoms with Crippen molar-refractivity contribution in [2.24, 2.45) is 0 Å². The lowest BCUT2D eigenvalue weighted by Gasteiger charge is -2.02. The first-order chi connectivity index (χ1) is 10.1. The molecule has 1 aliphatic carbocycles. The van der Waals surface area contributed by atoms with Gasteiger partial charge in [-0.15, -0.1) is 0 Å². The third-order valence-corrected chi connectivity index (χ3v) is 2.90. The van der Waals surface area contributed by atoms with E-state index in [9.17, 15) is 9.59 Å². The summed E-state index contributed by atoms with van der Waals surface area (Å²) in [6, 6.07) is 0. The molecule has 1 aliphatic rings. The Labute approximate surface area is 126 Å². The van der Waals surface area contributed by atoms with Crippen molar-refractivity contribution in [2.75, 3.05) is 0 Å². The molecule has 0 aromatic rings. The maximum Gasteiger partial charge on any atom is 0.248 e. The molecule has 1 N–H and O–H groups in total. The molecule has 0 atom stereocenters. The number of Topliss-reactive ketones (excluding diaryl/α,β-unsaturated/α-hetero) is 1. The number of carbonyl (C=O) groups excluding carboxylic acids is 2. The molecule has 3 heteroatoms. The summed E-state index contributed by atoms with van der Waals surface area (Å²) in [7, 11) is 0. The minimum Gasteiger partial charge on any atom is -0.320 e. The lowest BCUT2D eigenvalue weighted by Crippen LogP contribution is -2.24. The fraction of sp³-hybridized carbons (Fsp3) is 0.222. The van der Waals surface area contributed by atoms with Crippen LogP contribution < -0.4 is 5.32 Å². The van der Waals surface area contributed by atoms with E-state index in [1.165, 1.54) is 6.08 Å². The first-order valence-corrected chi connectivity index (χ1v) is 6.98. The van der Waals surface area contributed by atoms with Crippen LogP contribution in [-0.4, -0.2) is 11.7 Å². The van der Waals surface area contributed by atoms with Crippen LogP contribution in [-0.2, 0) is 9.59 Å². The average molecular weight is 283 g/mol. The maximum absolute atomic E-state index is 11.6. The molecule has 1 rings (SSSR count). The Bertz CT molecular complexity index is 558. The van der Waals surface area contributed by atoms with Crippen LogP contribution in [0.1, 0.15) is 26.7 Å². The van der Waals surface area contributed by atoms with Gasteiger partial charge in [0, 0.05) is 12.5 Å². The fourth-order valence-electron chi connectivity index (χ4n) is 1.77. The SMILES string of the molecule is C/C=C/C=C/C=C/C=C/C=C/C(=O)NC1=C(C)CCC1=O. The molecule has 0 fully saturated rings. The van der Waals surface area contributed by atoms with Crippen LogP contribution >= 0.6 is 0 Å². The summed E-state index contributed by atoms with van der Waals surface area (Å²) < 4.78 is 0. The van der Waals surface area contributed by atoms with Crippen molar-refractivity contribution in [3.05, 3.63) is 72.0 Å². The van der Waals surface area contributed by atoms with E-state index in [0.717, 1.165) is 12.0 Å². The molecule has 0 radical (unpaired) electrons. The average Bonchev–Trinajstić information content (AvgIpc) is 2.77. The van der Waals surface area contributed by atoms with Gasteiger partial charge in [-0.25, -0.2) is 0 Å². The van der Waals surface area contributed by atoms with Gasteiger partial charge < -0.3 is 5.32 Å². The maximum atomic E-state index is 11.6. The topological polar surface area (TPSA) is 46.2 Å². The van der Waals surface area contributed by atoms with Gasteiger partial charge in [-0.3, -0.25) is 9.59 Å². The molecule has 0 heterocycles. The van der Waals surface area contributed by atoms with Crippen LogP contribution in [0.15, 0.2) is 72.0 Å². The molecule has 0 unspecified atom stereocenters. The zero-order valence-electron chi connectivity index (χ0n) is 12.5. The highest BCUT2D eigenvalue weighted by Gasteiger charge is 2.20. The van der Waals surface area contributed by atoms with Crippen molar-refractivity contribution in [3.63, 3.8) is 0 Å². The fourth-order valence-corrected chi connectivity index (χ4v) is 1.77. The molecule has 0 saturated carbocycles. The van der Waals surface area contributed by atoms with E-state index in [1.807, 2.05) is 56.4 Å². The summed E-state index contributed by atoms with van der Waals surface area (Å²) >= 11 is 0. The van der Waals surface area contributed by atoms with E-state index < -0.39 is 0 Å². The standard InChI is InChI=1S/C18H21NO2/c1-3-4-5-6-7-8-9-10-11-12-17(21)19-18-15(2)13-14-16(18)20/h3-12H,13-14H2,1-2H3,(H,19,21)/b4-3+,6-5+,8-7+,10-9+,12-11+. The Balaban J connectivity index is 2.38. The molecule has 0 aliphatic heterocycles. The molecule has 21 heavy (non-hydrogen) atoms. The second-order valence-electron chi connectivity index (χ2n) is 4.61. The molecule has 0 aromatic carbocycles. The van der Waals surface area contributed by atoms with Crippen molar-refractivity contribution in [2.45, 2.75) is 26.7 Å². The van der Waals surface area contributed by atoms with Gasteiger partial charge in [-0.2, -0.15) is 0 Å². The number of carbonyl (C=O) groups is 2. The summed E-state index contributed by atoms with van der Waals surface area (Å²) in [6.07, 6.45) is 19.4. The first kappa shape index (κ1) is 16.6. The Morgan fingerprint density at radius 3 is 2.05 bits per heavy atom. The monoisotopic (exact) mass is 283 g/mol. The third kappa shape index (κ3) is 6.52. The molecule has 110 valence electrons. The highest BCUT2D eigenvalue weighted by molar-refractivity contribution is 6.03. The highest BCUT2D eigenvalue weighted by atomic mass is 16.2. The van der Waals surface area contributed by atoms with Crippen molar-refractivity contribution >= 4 is 11.7 Å². The van der Waals surface area contributed by atoms with Gasteiger partial charge in [-0.1, -0.05) is 54.7 Å². The minimum atomic E-state index is -0.277. The van der Waals surface area contributed by atoms with Crippen molar-refractivity contribution in [3.8, 4) is 0 Å². The lowest BCUT2D eigenvalue weighted by molar-refractivity contribution is -0.119. The molecule has 1 amide bonds. The summed E-state index contributed by atoms with van der Waals surface area (Å²) in [5, 5.41) is 2.64. The van der Waals surface area contributed by atoms with Gasteiger partial charge in [0.1, 0.15) is 0 Å². The number of amides is 1. The number of ketones is 1. The summed E-state index contributed by atoms with van der Waals surface area (Å²) in [5.41, 5.74) is 1.41. The quantitative estimate of drug-likeness (QED) is 0.598. The van der Waals surface area contributed by atoms with Crippen molar-refractivity contribution in [1.82, 2.24) is 5.32 Å². The van der Waals surface area contributed by atoms with Crippen LogP contribution in [0.4, 0.5) is 0 Å². The third-order valence-electron chi connectivity index (χ3n) is 2.90. The predicted octanol–water partition coefficient (Wildman–Crippen LogP) is 3.54. The molecular formula is C18H21NO2. The Kier molecular flexibility index (Phi) is 7.51. The van der Waals surface area contributed by atoms with Crippen molar-refractivity contribution < 1.29 is 9.59 Å².